The number of hydrogen-bond donors (Lipinski definition) is 2. The molecule has 0 atom stereocenters. The quantitative estimate of drug-likeness (QED) is 0.793. The van der Waals surface area contributed by atoms with Crippen molar-refractivity contribution in [3.63, 3.8) is 0 Å². The van der Waals surface area contributed by atoms with E-state index in [9.17, 15) is 4.79 Å². The average Bonchev–Trinajstić information content (AvgIpc) is 2.24. The molecule has 1 aromatic rings. The number of nitriles is 1. The van der Waals surface area contributed by atoms with Gasteiger partial charge in [-0.05, 0) is 37.2 Å². The molecular weight excluding hydrogens is 202 g/mol. The number of amides is 1. The minimum Gasteiger partial charge on any atom is -0.326 e. The molecule has 2 N–H and O–H groups in total. The molecule has 0 aromatic heterocycles. The smallest absolute Gasteiger partial charge is 0.224 e. The van der Waals surface area contributed by atoms with Gasteiger partial charge in [0.2, 0.25) is 5.91 Å². The molecule has 1 aliphatic heterocycles. The molecule has 0 unspecified atom stereocenters. The summed E-state index contributed by atoms with van der Waals surface area (Å²) in [4.78, 5) is 11.6. The second kappa shape index (κ2) is 4.77. The largest absolute Gasteiger partial charge is 0.326 e. The third-order valence-electron chi connectivity index (χ3n) is 2.62. The molecule has 1 amide bonds. The molecule has 2 rings (SSSR count). The summed E-state index contributed by atoms with van der Waals surface area (Å²) in [5.41, 5.74) is 1.25. The Kier molecular flexibility index (Phi) is 3.18. The van der Waals surface area contributed by atoms with E-state index in [1.807, 2.05) is 6.07 Å². The molecule has 4 heteroatoms. The van der Waals surface area contributed by atoms with Crippen molar-refractivity contribution < 1.29 is 4.79 Å². The van der Waals surface area contributed by atoms with E-state index in [0.717, 1.165) is 13.1 Å². The molecule has 1 saturated heterocycles. The van der Waals surface area contributed by atoms with Crippen LogP contribution < -0.4 is 10.6 Å². The number of nitrogens with one attached hydrogen (secondary N) is 2. The molecule has 1 aliphatic rings. The maximum atomic E-state index is 11.6. The first kappa shape index (κ1) is 10.7. The predicted octanol–water partition coefficient (Wildman–Crippen LogP) is 1.11. The molecule has 0 saturated carbocycles. The van der Waals surface area contributed by atoms with E-state index in [2.05, 4.69) is 10.6 Å². The van der Waals surface area contributed by atoms with Crippen molar-refractivity contribution in [2.24, 2.45) is 5.92 Å². The van der Waals surface area contributed by atoms with Crippen LogP contribution in [0.4, 0.5) is 5.69 Å². The van der Waals surface area contributed by atoms with Crippen LogP contribution in [0.25, 0.3) is 0 Å². The first-order chi connectivity index (χ1) is 7.78. The maximum absolute atomic E-state index is 11.6. The predicted molar refractivity (Wildman–Crippen MR) is 60.8 cm³/mol. The van der Waals surface area contributed by atoms with Crippen LogP contribution >= 0.6 is 0 Å². The number of benzene rings is 1. The van der Waals surface area contributed by atoms with Gasteiger partial charge in [-0.3, -0.25) is 4.79 Å². The molecule has 0 spiro atoms. The molecule has 4 nitrogen and oxygen atoms in total. The second-order valence-corrected chi connectivity index (χ2v) is 3.97. The highest BCUT2D eigenvalue weighted by Gasteiger charge is 2.19. The number of carbonyl (C=O) groups excluding carboxylic acids is 1. The molecule has 0 radical (unpaired) electrons. The van der Waals surface area contributed by atoms with Gasteiger partial charge in [-0.15, -0.1) is 0 Å². The first-order valence-electron chi connectivity index (χ1n) is 5.28. The monoisotopic (exact) mass is 215 g/mol. The topological polar surface area (TPSA) is 64.9 Å². The lowest BCUT2D eigenvalue weighted by Gasteiger charge is -2.26. The summed E-state index contributed by atoms with van der Waals surface area (Å²) in [6, 6.07) is 8.99. The summed E-state index contributed by atoms with van der Waals surface area (Å²) in [5.74, 6) is 0.473. The Hall–Kier alpha value is -1.86. The van der Waals surface area contributed by atoms with E-state index in [1.54, 1.807) is 24.3 Å². The zero-order chi connectivity index (χ0) is 11.4. The van der Waals surface area contributed by atoms with Gasteiger partial charge in [0, 0.05) is 12.1 Å². The van der Waals surface area contributed by atoms with Gasteiger partial charge in [0.1, 0.15) is 0 Å². The van der Waals surface area contributed by atoms with Gasteiger partial charge in [0.25, 0.3) is 0 Å². The van der Waals surface area contributed by atoms with Crippen LogP contribution in [0.1, 0.15) is 12.0 Å². The van der Waals surface area contributed by atoms with E-state index < -0.39 is 0 Å². The number of anilines is 1. The standard InChI is InChI=1S/C12H13N3O/c13-6-9-2-1-3-11(4-9)15-12(16)5-10-7-14-8-10/h1-4,10,14H,5,7-8H2,(H,15,16). The Bertz CT molecular complexity index is 432. The van der Waals surface area contributed by atoms with Crippen molar-refractivity contribution in [1.29, 1.82) is 5.26 Å². The molecule has 0 aliphatic carbocycles. The summed E-state index contributed by atoms with van der Waals surface area (Å²) >= 11 is 0. The van der Waals surface area contributed by atoms with Crippen molar-refractivity contribution in [3.05, 3.63) is 29.8 Å². The van der Waals surface area contributed by atoms with Gasteiger partial charge in [-0.2, -0.15) is 5.26 Å². The van der Waals surface area contributed by atoms with Gasteiger partial charge in [0.05, 0.1) is 11.6 Å². The minimum absolute atomic E-state index is 0.0154. The SMILES string of the molecule is N#Cc1cccc(NC(=O)CC2CNC2)c1. The Balaban J connectivity index is 1.92. The summed E-state index contributed by atoms with van der Waals surface area (Å²) in [6.45, 7) is 1.84. The zero-order valence-corrected chi connectivity index (χ0v) is 8.86. The highest BCUT2D eigenvalue weighted by atomic mass is 16.1. The van der Waals surface area contributed by atoms with E-state index >= 15 is 0 Å². The van der Waals surface area contributed by atoms with Crippen LogP contribution in [0.2, 0.25) is 0 Å². The summed E-state index contributed by atoms with van der Waals surface area (Å²) in [6.07, 6.45) is 0.545. The molecule has 1 aromatic carbocycles. The van der Waals surface area contributed by atoms with Gasteiger partial charge in [-0.25, -0.2) is 0 Å². The van der Waals surface area contributed by atoms with Crippen molar-refractivity contribution in [2.75, 3.05) is 18.4 Å². The normalized spacial score (nSPS) is 14.9. The van der Waals surface area contributed by atoms with Crippen LogP contribution in [0.15, 0.2) is 24.3 Å². The van der Waals surface area contributed by atoms with Crippen LogP contribution in [0, 0.1) is 17.2 Å². The number of rotatable bonds is 3. The van der Waals surface area contributed by atoms with Crippen molar-refractivity contribution in [1.82, 2.24) is 5.32 Å². The molecule has 82 valence electrons. The van der Waals surface area contributed by atoms with Crippen molar-refractivity contribution in [3.8, 4) is 6.07 Å². The van der Waals surface area contributed by atoms with Crippen molar-refractivity contribution in [2.45, 2.75) is 6.42 Å². The molecule has 1 heterocycles. The number of nitrogens with zero attached hydrogens (tertiary/aromatic N) is 1. The van der Waals surface area contributed by atoms with E-state index in [1.165, 1.54) is 0 Å². The highest BCUT2D eigenvalue weighted by Crippen LogP contribution is 2.13. The molecule has 16 heavy (non-hydrogen) atoms. The van der Waals surface area contributed by atoms with Gasteiger partial charge in [0.15, 0.2) is 0 Å². The van der Waals surface area contributed by atoms with E-state index in [4.69, 9.17) is 5.26 Å². The molecular formula is C12H13N3O. The summed E-state index contributed by atoms with van der Waals surface area (Å²) < 4.78 is 0. The summed E-state index contributed by atoms with van der Waals surface area (Å²) in [7, 11) is 0. The second-order valence-electron chi connectivity index (χ2n) is 3.97. The Morgan fingerprint density at radius 2 is 2.38 bits per heavy atom. The number of carbonyl (C=O) groups is 1. The van der Waals surface area contributed by atoms with E-state index in [0.29, 0.717) is 23.6 Å². The van der Waals surface area contributed by atoms with Crippen LogP contribution in [-0.2, 0) is 4.79 Å². The van der Waals surface area contributed by atoms with E-state index in [-0.39, 0.29) is 5.91 Å². The van der Waals surface area contributed by atoms with Crippen LogP contribution in [0.3, 0.4) is 0 Å². The minimum atomic E-state index is 0.0154. The fourth-order valence-corrected chi connectivity index (χ4v) is 1.63. The molecule has 0 bridgehead atoms. The molecule has 1 fully saturated rings. The highest BCUT2D eigenvalue weighted by molar-refractivity contribution is 5.91. The first-order valence-corrected chi connectivity index (χ1v) is 5.28. The third-order valence-corrected chi connectivity index (χ3v) is 2.62. The lowest BCUT2D eigenvalue weighted by Crippen LogP contribution is -2.43. The lowest BCUT2D eigenvalue weighted by atomic mass is 9.99. The van der Waals surface area contributed by atoms with Crippen LogP contribution in [0.5, 0.6) is 0 Å². The Labute approximate surface area is 94.3 Å². The fourth-order valence-electron chi connectivity index (χ4n) is 1.63. The van der Waals surface area contributed by atoms with Gasteiger partial charge >= 0.3 is 0 Å². The van der Waals surface area contributed by atoms with Crippen LogP contribution in [-0.4, -0.2) is 19.0 Å². The van der Waals surface area contributed by atoms with Gasteiger partial charge in [-0.1, -0.05) is 6.07 Å². The average molecular weight is 215 g/mol. The van der Waals surface area contributed by atoms with Gasteiger partial charge < -0.3 is 10.6 Å². The lowest BCUT2D eigenvalue weighted by molar-refractivity contribution is -0.117. The summed E-state index contributed by atoms with van der Waals surface area (Å²) in [5, 5.41) is 14.6. The maximum Gasteiger partial charge on any atom is 0.224 e. The zero-order valence-electron chi connectivity index (χ0n) is 8.86. The fraction of sp³-hybridized carbons (Fsp3) is 0.333. The Morgan fingerprint density at radius 3 is 3.00 bits per heavy atom. The van der Waals surface area contributed by atoms with Crippen molar-refractivity contribution >= 4 is 11.6 Å². The Morgan fingerprint density at radius 1 is 1.56 bits per heavy atom. The third kappa shape index (κ3) is 2.59. The number of hydrogen-bond acceptors (Lipinski definition) is 3.